The lowest BCUT2D eigenvalue weighted by Crippen LogP contribution is -2.28. The molecule has 0 unspecified atom stereocenters. The average molecular weight is 456 g/mol. The van der Waals surface area contributed by atoms with Gasteiger partial charge >= 0.3 is 0 Å². The minimum atomic E-state index is -0.124. The number of carbonyl (C=O) groups is 1. The number of hydrogen-bond acceptors (Lipinski definition) is 6. The van der Waals surface area contributed by atoms with Crippen LogP contribution in [-0.2, 0) is 26.1 Å². The van der Waals surface area contributed by atoms with E-state index >= 15 is 0 Å². The van der Waals surface area contributed by atoms with Crippen LogP contribution < -0.4 is 14.8 Å². The van der Waals surface area contributed by atoms with E-state index in [0.717, 1.165) is 43.3 Å². The summed E-state index contributed by atoms with van der Waals surface area (Å²) < 4.78 is 12.8. The molecule has 0 fully saturated rings. The highest BCUT2D eigenvalue weighted by Gasteiger charge is 2.21. The normalized spacial score (nSPS) is 13.8. The van der Waals surface area contributed by atoms with Gasteiger partial charge in [0.25, 0.3) is 5.91 Å². The molecule has 0 bridgehead atoms. The zero-order valence-electron chi connectivity index (χ0n) is 18.2. The Morgan fingerprint density at radius 1 is 1.06 bits per heavy atom. The van der Waals surface area contributed by atoms with Gasteiger partial charge in [-0.1, -0.05) is 35.9 Å². The molecule has 0 atom stereocenters. The summed E-state index contributed by atoms with van der Waals surface area (Å²) in [4.78, 5) is 14.7. The van der Waals surface area contributed by atoms with Crippen LogP contribution in [0.5, 0.6) is 11.5 Å². The zero-order chi connectivity index (χ0) is 22.5. The number of carbonyl (C=O) groups excluding carboxylic acids is 1. The van der Waals surface area contributed by atoms with Crippen molar-refractivity contribution in [1.82, 2.24) is 25.0 Å². The fourth-order valence-electron chi connectivity index (χ4n) is 3.86. The summed E-state index contributed by atoms with van der Waals surface area (Å²) in [6, 6.07) is 13.0. The Morgan fingerprint density at radius 2 is 1.88 bits per heavy atom. The molecule has 0 radical (unpaired) electrons. The Labute approximate surface area is 192 Å². The number of fused-ring (bicyclic) bond motifs is 1. The lowest BCUT2D eigenvalue weighted by atomic mass is 10.1. The lowest BCUT2D eigenvalue weighted by molar-refractivity contribution is 0.0949. The third-order valence-corrected chi connectivity index (χ3v) is 6.01. The van der Waals surface area contributed by atoms with Crippen molar-refractivity contribution < 1.29 is 14.3 Å². The molecule has 0 aliphatic carbocycles. The Kier molecular flexibility index (Phi) is 6.92. The van der Waals surface area contributed by atoms with Gasteiger partial charge in [-0.25, -0.2) is 0 Å². The van der Waals surface area contributed by atoms with E-state index in [1.165, 1.54) is 0 Å². The maximum Gasteiger partial charge on any atom is 0.251 e. The van der Waals surface area contributed by atoms with Crippen LogP contribution in [0.2, 0.25) is 5.02 Å². The number of halogens is 1. The van der Waals surface area contributed by atoms with E-state index in [1.807, 2.05) is 30.3 Å². The third-order valence-electron chi connectivity index (χ3n) is 5.60. The predicted octanol–water partition coefficient (Wildman–Crippen LogP) is 2.94. The molecule has 9 heteroatoms. The molecule has 32 heavy (non-hydrogen) atoms. The number of aromatic nitrogens is 3. The molecule has 168 valence electrons. The van der Waals surface area contributed by atoms with Crippen molar-refractivity contribution in [3.05, 3.63) is 70.3 Å². The van der Waals surface area contributed by atoms with Crippen LogP contribution in [0.15, 0.2) is 42.5 Å². The van der Waals surface area contributed by atoms with Crippen molar-refractivity contribution in [2.45, 2.75) is 26.1 Å². The Balaban J connectivity index is 1.40. The van der Waals surface area contributed by atoms with Crippen LogP contribution >= 0.6 is 11.6 Å². The van der Waals surface area contributed by atoms with Crippen LogP contribution in [0.25, 0.3) is 0 Å². The number of hydrogen-bond donors (Lipinski definition) is 1. The lowest BCUT2D eigenvalue weighted by Gasteiger charge is -2.21. The average Bonchev–Trinajstić information content (AvgIpc) is 3.10. The number of rotatable bonds is 7. The number of nitrogens with one attached hydrogen (secondary N) is 1. The van der Waals surface area contributed by atoms with Gasteiger partial charge in [-0.2, -0.15) is 0 Å². The van der Waals surface area contributed by atoms with Crippen molar-refractivity contribution in [3.63, 3.8) is 0 Å². The smallest absolute Gasteiger partial charge is 0.251 e. The second-order valence-electron chi connectivity index (χ2n) is 7.53. The van der Waals surface area contributed by atoms with Crippen molar-refractivity contribution in [2.24, 2.45) is 0 Å². The van der Waals surface area contributed by atoms with Gasteiger partial charge in [0.15, 0.2) is 17.3 Å². The molecular formula is C23H26ClN5O3. The van der Waals surface area contributed by atoms with Crippen LogP contribution in [0.1, 0.15) is 27.6 Å². The van der Waals surface area contributed by atoms with E-state index in [2.05, 4.69) is 25.0 Å². The van der Waals surface area contributed by atoms with Crippen molar-refractivity contribution in [1.29, 1.82) is 0 Å². The molecule has 0 saturated carbocycles. The second kappa shape index (κ2) is 10.0. The Hall–Kier alpha value is -3.10. The fourth-order valence-corrected chi connectivity index (χ4v) is 4.15. The van der Waals surface area contributed by atoms with Crippen LogP contribution in [-0.4, -0.2) is 52.9 Å². The standard InChI is InChI=1S/C23H26ClN5O3/c1-31-18-9-8-17(21(24)22(18)32-2)15-28-11-10-19-26-27-20(29(19)13-12-28)14-25-23(30)16-6-4-3-5-7-16/h3-9H,10-15H2,1-2H3,(H,25,30). The summed E-state index contributed by atoms with van der Waals surface area (Å²) in [5.74, 6) is 2.73. The van der Waals surface area contributed by atoms with Gasteiger partial charge in [0.05, 0.1) is 25.8 Å². The number of nitrogens with zero attached hydrogens (tertiary/aromatic N) is 4. The molecular weight excluding hydrogens is 430 g/mol. The van der Waals surface area contributed by atoms with E-state index < -0.39 is 0 Å². The van der Waals surface area contributed by atoms with E-state index in [4.69, 9.17) is 21.1 Å². The molecule has 4 rings (SSSR count). The van der Waals surface area contributed by atoms with Crippen molar-refractivity contribution in [3.8, 4) is 11.5 Å². The topological polar surface area (TPSA) is 81.5 Å². The summed E-state index contributed by atoms with van der Waals surface area (Å²) in [6.07, 6.45) is 0.768. The van der Waals surface area contributed by atoms with Gasteiger partial charge in [-0.3, -0.25) is 9.69 Å². The predicted molar refractivity (Wildman–Crippen MR) is 121 cm³/mol. The summed E-state index contributed by atoms with van der Waals surface area (Å²) in [5, 5.41) is 12.2. The number of benzene rings is 2. The van der Waals surface area contributed by atoms with Gasteiger partial charge in [0, 0.05) is 38.2 Å². The van der Waals surface area contributed by atoms with Crippen molar-refractivity contribution >= 4 is 17.5 Å². The van der Waals surface area contributed by atoms with Gasteiger partial charge in [0.2, 0.25) is 0 Å². The molecule has 8 nitrogen and oxygen atoms in total. The molecule has 1 aliphatic heterocycles. The Morgan fingerprint density at radius 3 is 2.62 bits per heavy atom. The van der Waals surface area contributed by atoms with Crippen LogP contribution in [0.3, 0.4) is 0 Å². The first-order valence-electron chi connectivity index (χ1n) is 10.5. The molecule has 2 heterocycles. The van der Waals surface area contributed by atoms with Gasteiger partial charge in [0.1, 0.15) is 5.82 Å². The largest absolute Gasteiger partial charge is 0.493 e. The highest BCUT2D eigenvalue weighted by molar-refractivity contribution is 6.33. The maximum absolute atomic E-state index is 12.4. The van der Waals surface area contributed by atoms with Crippen molar-refractivity contribution in [2.75, 3.05) is 27.3 Å². The summed E-state index contributed by atoms with van der Waals surface area (Å²) in [6.45, 7) is 3.41. The SMILES string of the molecule is COc1ccc(CN2CCc3nnc(CNC(=O)c4ccccc4)n3CC2)c(Cl)c1OC. The van der Waals surface area contributed by atoms with Gasteiger partial charge in [-0.15, -0.1) is 10.2 Å². The number of amides is 1. The number of methoxy groups -OCH3 is 2. The first kappa shape index (κ1) is 22.1. The quantitative estimate of drug-likeness (QED) is 0.590. The highest BCUT2D eigenvalue weighted by Crippen LogP contribution is 2.37. The number of ether oxygens (including phenoxy) is 2. The summed E-state index contributed by atoms with van der Waals surface area (Å²) in [7, 11) is 3.18. The van der Waals surface area contributed by atoms with Gasteiger partial charge in [-0.05, 0) is 23.8 Å². The molecule has 2 aromatic carbocycles. The second-order valence-corrected chi connectivity index (χ2v) is 7.91. The summed E-state index contributed by atoms with van der Waals surface area (Å²) in [5.41, 5.74) is 1.61. The molecule has 0 spiro atoms. The minimum Gasteiger partial charge on any atom is -0.493 e. The van der Waals surface area contributed by atoms with E-state index in [1.54, 1.807) is 26.4 Å². The Bertz CT molecular complexity index is 1090. The first-order chi connectivity index (χ1) is 15.6. The molecule has 1 amide bonds. The van der Waals surface area contributed by atoms with E-state index in [-0.39, 0.29) is 5.91 Å². The molecule has 0 saturated heterocycles. The summed E-state index contributed by atoms with van der Waals surface area (Å²) >= 11 is 6.57. The van der Waals surface area contributed by atoms with Gasteiger partial charge < -0.3 is 19.4 Å². The maximum atomic E-state index is 12.4. The van der Waals surface area contributed by atoms with E-state index in [9.17, 15) is 4.79 Å². The highest BCUT2D eigenvalue weighted by atomic mass is 35.5. The minimum absolute atomic E-state index is 0.124. The van der Waals surface area contributed by atoms with Crippen LogP contribution in [0, 0.1) is 0 Å². The molecule has 1 N–H and O–H groups in total. The molecule has 1 aromatic heterocycles. The first-order valence-corrected chi connectivity index (χ1v) is 10.8. The third kappa shape index (κ3) is 4.71. The monoisotopic (exact) mass is 455 g/mol. The zero-order valence-corrected chi connectivity index (χ0v) is 18.9. The molecule has 3 aromatic rings. The van der Waals surface area contributed by atoms with Crippen LogP contribution in [0.4, 0.5) is 0 Å². The van der Waals surface area contributed by atoms with E-state index in [0.29, 0.717) is 35.2 Å². The fraction of sp³-hybridized carbons (Fsp3) is 0.348. The molecule has 1 aliphatic rings.